The summed E-state index contributed by atoms with van der Waals surface area (Å²) in [5.41, 5.74) is 6.29. The van der Waals surface area contributed by atoms with Crippen LogP contribution in [0.15, 0.2) is 24.6 Å². The number of likely N-dealkylation sites (N-methyl/N-ethyl adjacent to an activating group) is 1. The van der Waals surface area contributed by atoms with Crippen LogP contribution in [0.3, 0.4) is 0 Å². The average Bonchev–Trinajstić information content (AvgIpc) is 1.98. The van der Waals surface area contributed by atoms with E-state index in [2.05, 4.69) is 17.2 Å². The normalized spacial score (nSPS) is 11.1. The molecule has 0 spiro atoms. The molecular formula is C7H15N3. The van der Waals surface area contributed by atoms with Crippen molar-refractivity contribution in [3.05, 3.63) is 24.6 Å². The van der Waals surface area contributed by atoms with Crippen LogP contribution in [0.5, 0.6) is 0 Å². The van der Waals surface area contributed by atoms with Gasteiger partial charge < -0.3 is 16.4 Å². The summed E-state index contributed by atoms with van der Waals surface area (Å²) in [6, 6.07) is 0. The maximum atomic E-state index is 5.30. The quantitative estimate of drug-likeness (QED) is 0.464. The summed E-state index contributed by atoms with van der Waals surface area (Å²) in [5.74, 6) is 0. The largest absolute Gasteiger partial charge is 0.403 e. The van der Waals surface area contributed by atoms with Crippen LogP contribution in [0.25, 0.3) is 0 Å². The number of rotatable bonds is 5. The monoisotopic (exact) mass is 141 g/mol. The molecule has 0 bridgehead atoms. The highest BCUT2D eigenvalue weighted by Crippen LogP contribution is 1.80. The van der Waals surface area contributed by atoms with E-state index in [0.717, 1.165) is 18.8 Å². The van der Waals surface area contributed by atoms with Crippen molar-refractivity contribution < 1.29 is 0 Å². The highest BCUT2D eigenvalue weighted by Gasteiger charge is 1.88. The summed E-state index contributed by atoms with van der Waals surface area (Å²) in [6.45, 7) is 5.10. The molecule has 10 heavy (non-hydrogen) atoms. The van der Waals surface area contributed by atoms with Gasteiger partial charge in [0.15, 0.2) is 0 Å². The molecule has 0 aromatic carbocycles. The molecular weight excluding hydrogens is 126 g/mol. The van der Waals surface area contributed by atoms with E-state index in [9.17, 15) is 0 Å². The fourth-order valence-electron chi connectivity index (χ4n) is 0.574. The van der Waals surface area contributed by atoms with Gasteiger partial charge in [0.2, 0.25) is 0 Å². The van der Waals surface area contributed by atoms with Crippen molar-refractivity contribution in [1.29, 1.82) is 0 Å². The molecule has 0 radical (unpaired) electrons. The molecule has 0 saturated heterocycles. The summed E-state index contributed by atoms with van der Waals surface area (Å²) < 4.78 is 0. The van der Waals surface area contributed by atoms with Gasteiger partial charge in [-0.3, -0.25) is 0 Å². The van der Waals surface area contributed by atoms with E-state index in [1.807, 2.05) is 7.05 Å². The fourth-order valence-corrected chi connectivity index (χ4v) is 0.574. The zero-order chi connectivity index (χ0) is 7.82. The molecule has 0 aromatic heterocycles. The summed E-state index contributed by atoms with van der Waals surface area (Å²) in [7, 11) is 1.87. The average molecular weight is 141 g/mol. The van der Waals surface area contributed by atoms with Crippen LogP contribution in [0.1, 0.15) is 0 Å². The lowest BCUT2D eigenvalue weighted by atomic mass is 10.4. The minimum Gasteiger partial charge on any atom is -0.403 e. The lowest BCUT2D eigenvalue weighted by molar-refractivity contribution is 0.780. The Labute approximate surface area is 62.0 Å². The molecule has 3 heteroatoms. The van der Waals surface area contributed by atoms with E-state index in [-0.39, 0.29) is 0 Å². The topological polar surface area (TPSA) is 50.1 Å². The Kier molecular flexibility index (Phi) is 5.57. The Morgan fingerprint density at radius 2 is 2.40 bits per heavy atom. The van der Waals surface area contributed by atoms with Crippen LogP contribution >= 0.6 is 0 Å². The van der Waals surface area contributed by atoms with Gasteiger partial charge in [-0.25, -0.2) is 0 Å². The van der Waals surface area contributed by atoms with Gasteiger partial charge >= 0.3 is 0 Å². The lowest BCUT2D eigenvalue weighted by Crippen LogP contribution is -2.23. The molecule has 0 aliphatic rings. The zero-order valence-electron chi connectivity index (χ0n) is 6.35. The van der Waals surface area contributed by atoms with Crippen LogP contribution in [-0.2, 0) is 0 Å². The molecule has 0 rings (SSSR count). The minimum atomic E-state index is 0.755. The Hall–Kier alpha value is -0.960. The van der Waals surface area contributed by atoms with E-state index >= 15 is 0 Å². The molecule has 0 aromatic rings. The third-order valence-corrected chi connectivity index (χ3v) is 1.04. The second kappa shape index (κ2) is 6.16. The molecule has 0 aliphatic carbocycles. The summed E-state index contributed by atoms with van der Waals surface area (Å²) in [4.78, 5) is 0. The third-order valence-electron chi connectivity index (χ3n) is 1.04. The number of nitrogens with two attached hydrogens (primary N) is 1. The first-order chi connectivity index (χ1) is 4.85. The molecule has 0 heterocycles. The summed E-state index contributed by atoms with van der Waals surface area (Å²) >= 11 is 0. The minimum absolute atomic E-state index is 0.755. The third kappa shape index (κ3) is 3.97. The van der Waals surface area contributed by atoms with Crippen molar-refractivity contribution in [2.75, 3.05) is 20.1 Å². The van der Waals surface area contributed by atoms with Crippen LogP contribution in [0.4, 0.5) is 0 Å². The second-order valence-corrected chi connectivity index (χ2v) is 1.89. The van der Waals surface area contributed by atoms with Crippen molar-refractivity contribution in [3.63, 3.8) is 0 Å². The maximum Gasteiger partial charge on any atom is 0.0407 e. The molecule has 0 amide bonds. The van der Waals surface area contributed by atoms with Crippen LogP contribution in [0, 0.1) is 0 Å². The van der Waals surface area contributed by atoms with Crippen molar-refractivity contribution in [2.24, 2.45) is 5.73 Å². The SMILES string of the molecule is C=CCN/C(=C\N)CNC. The highest BCUT2D eigenvalue weighted by molar-refractivity contribution is 5.00. The molecule has 0 fully saturated rings. The summed E-state index contributed by atoms with van der Waals surface area (Å²) in [6.07, 6.45) is 3.35. The molecule has 0 aliphatic heterocycles. The van der Waals surface area contributed by atoms with Crippen molar-refractivity contribution in [3.8, 4) is 0 Å². The number of nitrogens with one attached hydrogen (secondary N) is 2. The molecule has 0 saturated carbocycles. The number of hydrogen-bond donors (Lipinski definition) is 3. The first kappa shape index (κ1) is 9.04. The second-order valence-electron chi connectivity index (χ2n) is 1.89. The van der Waals surface area contributed by atoms with Gasteiger partial charge in [-0.05, 0) is 7.05 Å². The Bertz CT molecular complexity index is 118. The molecule has 3 nitrogen and oxygen atoms in total. The van der Waals surface area contributed by atoms with E-state index < -0.39 is 0 Å². The van der Waals surface area contributed by atoms with E-state index in [0.29, 0.717) is 0 Å². The zero-order valence-corrected chi connectivity index (χ0v) is 6.35. The van der Waals surface area contributed by atoms with Gasteiger partial charge in [0, 0.05) is 25.0 Å². The maximum absolute atomic E-state index is 5.30. The van der Waals surface area contributed by atoms with Gasteiger partial charge in [-0.1, -0.05) is 6.08 Å². The fraction of sp³-hybridized carbons (Fsp3) is 0.429. The highest BCUT2D eigenvalue weighted by atomic mass is 14.9. The van der Waals surface area contributed by atoms with Crippen LogP contribution in [-0.4, -0.2) is 20.1 Å². The van der Waals surface area contributed by atoms with Gasteiger partial charge in [0.25, 0.3) is 0 Å². The smallest absolute Gasteiger partial charge is 0.0407 e. The van der Waals surface area contributed by atoms with Gasteiger partial charge in [0.05, 0.1) is 0 Å². The Morgan fingerprint density at radius 3 is 2.80 bits per heavy atom. The summed E-state index contributed by atoms with van der Waals surface area (Å²) in [5, 5.41) is 6.06. The molecule has 0 unspecified atom stereocenters. The first-order valence-corrected chi connectivity index (χ1v) is 3.25. The lowest BCUT2D eigenvalue weighted by Gasteiger charge is -2.06. The predicted molar refractivity (Wildman–Crippen MR) is 44.4 cm³/mol. The van der Waals surface area contributed by atoms with Gasteiger partial charge in [-0.2, -0.15) is 0 Å². The molecule has 4 N–H and O–H groups in total. The van der Waals surface area contributed by atoms with Crippen molar-refractivity contribution in [2.45, 2.75) is 0 Å². The standard InChI is InChI=1S/C7H15N3/c1-3-4-10-7(5-8)6-9-2/h3,5,9-10H,1,4,6,8H2,2H3/b7-5-. The first-order valence-electron chi connectivity index (χ1n) is 3.25. The van der Waals surface area contributed by atoms with Gasteiger partial charge in [0.1, 0.15) is 0 Å². The van der Waals surface area contributed by atoms with Crippen LogP contribution < -0.4 is 16.4 Å². The Morgan fingerprint density at radius 1 is 1.70 bits per heavy atom. The van der Waals surface area contributed by atoms with Gasteiger partial charge in [-0.15, -0.1) is 6.58 Å². The van der Waals surface area contributed by atoms with Crippen molar-refractivity contribution in [1.82, 2.24) is 10.6 Å². The van der Waals surface area contributed by atoms with E-state index in [4.69, 9.17) is 5.73 Å². The van der Waals surface area contributed by atoms with E-state index in [1.165, 1.54) is 0 Å². The van der Waals surface area contributed by atoms with Crippen molar-refractivity contribution >= 4 is 0 Å². The predicted octanol–water partition coefficient (Wildman–Crippen LogP) is -0.218. The Balaban J connectivity index is 3.51. The van der Waals surface area contributed by atoms with Crippen LogP contribution in [0.2, 0.25) is 0 Å². The number of hydrogen-bond acceptors (Lipinski definition) is 3. The molecule has 58 valence electrons. The molecule has 0 atom stereocenters. The van der Waals surface area contributed by atoms with E-state index in [1.54, 1.807) is 12.3 Å².